The molecular formula is C23H24N4O5. The van der Waals surface area contributed by atoms with Crippen LogP contribution in [-0.4, -0.2) is 40.0 Å². The van der Waals surface area contributed by atoms with Crippen LogP contribution >= 0.6 is 0 Å². The molecule has 0 saturated heterocycles. The number of aryl methyl sites for hydroxylation is 1. The number of hydrogen-bond donors (Lipinski definition) is 4. The number of carboxylic acids is 1. The molecule has 0 fully saturated rings. The zero-order valence-electron chi connectivity index (χ0n) is 17.9. The Hall–Kier alpha value is -4.14. The molecule has 1 aromatic heterocycles. The van der Waals surface area contributed by atoms with Gasteiger partial charge in [0.05, 0.1) is 39.0 Å². The summed E-state index contributed by atoms with van der Waals surface area (Å²) in [6, 6.07) is 11.3. The molecule has 0 spiro atoms. The fraction of sp³-hybridized carbons (Fsp3) is 0.217. The second kappa shape index (κ2) is 8.54. The second-order valence-electron chi connectivity index (χ2n) is 7.98. The molecule has 0 saturated carbocycles. The number of nitrogens with two attached hydrogens (primary N) is 2. The molecule has 0 unspecified atom stereocenters. The summed E-state index contributed by atoms with van der Waals surface area (Å²) < 4.78 is 5.93. The Kier molecular flexibility index (Phi) is 6.02. The summed E-state index contributed by atoms with van der Waals surface area (Å²) in [5.41, 5.74) is 11.7. The minimum atomic E-state index is -1.18. The minimum absolute atomic E-state index is 0.0340. The lowest BCUT2D eigenvalue weighted by molar-refractivity contribution is 0.0696. The van der Waals surface area contributed by atoms with Crippen molar-refractivity contribution in [2.75, 3.05) is 12.3 Å². The highest BCUT2D eigenvalue weighted by atomic mass is 16.5. The summed E-state index contributed by atoms with van der Waals surface area (Å²) in [6.07, 6.45) is 0. The van der Waals surface area contributed by atoms with Crippen LogP contribution in [0.5, 0.6) is 5.75 Å². The van der Waals surface area contributed by atoms with Crippen molar-refractivity contribution in [2.45, 2.75) is 26.3 Å². The summed E-state index contributed by atoms with van der Waals surface area (Å²) in [5.74, 6) is -2.01. The fourth-order valence-electron chi connectivity index (χ4n) is 3.40. The topological polar surface area (TPSA) is 158 Å². The first-order valence-corrected chi connectivity index (χ1v) is 9.78. The predicted molar refractivity (Wildman–Crippen MR) is 120 cm³/mol. The van der Waals surface area contributed by atoms with Crippen molar-refractivity contribution in [3.05, 3.63) is 64.8 Å². The fourth-order valence-corrected chi connectivity index (χ4v) is 3.40. The molecule has 9 nitrogen and oxygen atoms in total. The molecule has 1 heterocycles. The lowest BCUT2D eigenvalue weighted by Gasteiger charge is -2.27. The van der Waals surface area contributed by atoms with Gasteiger partial charge in [-0.05, 0) is 45.0 Å². The first-order valence-electron chi connectivity index (χ1n) is 9.78. The molecule has 2 aromatic carbocycles. The molecule has 3 aromatic rings. The van der Waals surface area contributed by atoms with Crippen molar-refractivity contribution in [1.82, 2.24) is 10.3 Å². The Labute approximate surface area is 184 Å². The molecule has 166 valence electrons. The third-order valence-corrected chi connectivity index (χ3v) is 4.88. The number of hydrogen-bond acceptors (Lipinski definition) is 6. The Balaban J connectivity index is 1.86. The largest absolute Gasteiger partial charge is 0.490 e. The van der Waals surface area contributed by atoms with Crippen LogP contribution in [0.15, 0.2) is 42.5 Å². The molecule has 3 rings (SSSR count). The summed E-state index contributed by atoms with van der Waals surface area (Å²) in [5, 5.41) is 12.7. The number of benzene rings is 2. The first kappa shape index (κ1) is 22.5. The third-order valence-electron chi connectivity index (χ3n) is 4.88. The lowest BCUT2D eigenvalue weighted by atomic mass is 10.0. The van der Waals surface area contributed by atoms with Gasteiger partial charge in [0.2, 0.25) is 5.91 Å². The Morgan fingerprint density at radius 3 is 2.38 bits per heavy atom. The maximum atomic E-state index is 12.8. The van der Waals surface area contributed by atoms with Crippen molar-refractivity contribution < 1.29 is 24.2 Å². The van der Waals surface area contributed by atoms with E-state index in [-0.39, 0.29) is 29.0 Å². The number of pyridine rings is 1. The van der Waals surface area contributed by atoms with E-state index in [2.05, 4.69) is 10.3 Å². The number of carbonyl (C=O) groups excluding carboxylic acids is 2. The van der Waals surface area contributed by atoms with Crippen molar-refractivity contribution in [3.63, 3.8) is 0 Å². The van der Waals surface area contributed by atoms with Gasteiger partial charge in [-0.25, -0.2) is 4.79 Å². The van der Waals surface area contributed by atoms with E-state index in [0.29, 0.717) is 22.3 Å². The highest BCUT2D eigenvalue weighted by molar-refractivity contribution is 6.07. The minimum Gasteiger partial charge on any atom is -0.490 e. The van der Waals surface area contributed by atoms with E-state index in [1.165, 1.54) is 12.1 Å². The summed E-state index contributed by atoms with van der Waals surface area (Å²) in [4.78, 5) is 40.3. The van der Waals surface area contributed by atoms with Gasteiger partial charge in [0.25, 0.3) is 5.91 Å². The van der Waals surface area contributed by atoms with Gasteiger partial charge < -0.3 is 26.6 Å². The monoisotopic (exact) mass is 436 g/mol. The van der Waals surface area contributed by atoms with Gasteiger partial charge in [-0.15, -0.1) is 0 Å². The molecule has 0 bridgehead atoms. The molecule has 0 aliphatic carbocycles. The Bertz CT molecular complexity index is 1240. The van der Waals surface area contributed by atoms with E-state index < -0.39 is 23.3 Å². The number of primary amides is 1. The second-order valence-corrected chi connectivity index (χ2v) is 7.98. The lowest BCUT2D eigenvalue weighted by Crippen LogP contribution is -2.48. The quantitative estimate of drug-likeness (QED) is 0.443. The summed E-state index contributed by atoms with van der Waals surface area (Å²) >= 11 is 0. The van der Waals surface area contributed by atoms with Crippen LogP contribution in [0.2, 0.25) is 0 Å². The van der Waals surface area contributed by atoms with E-state index in [9.17, 15) is 19.5 Å². The van der Waals surface area contributed by atoms with Gasteiger partial charge in [0.15, 0.2) is 0 Å². The molecule has 0 aliphatic rings. The van der Waals surface area contributed by atoms with E-state index in [4.69, 9.17) is 16.2 Å². The SMILES string of the molecule is Cc1nc2cccc(OCC(C)(C)NC(=O)c3ccccc3C(N)=O)c2c(N)c1C(=O)O. The van der Waals surface area contributed by atoms with Crippen LogP contribution in [0.4, 0.5) is 5.69 Å². The third kappa shape index (κ3) is 4.46. The molecule has 2 amide bonds. The van der Waals surface area contributed by atoms with E-state index in [1.54, 1.807) is 51.1 Å². The van der Waals surface area contributed by atoms with Gasteiger partial charge in [-0.3, -0.25) is 14.6 Å². The van der Waals surface area contributed by atoms with Crippen molar-refractivity contribution in [1.29, 1.82) is 0 Å². The number of fused-ring (bicyclic) bond motifs is 1. The van der Waals surface area contributed by atoms with E-state index in [0.717, 1.165) is 0 Å². The van der Waals surface area contributed by atoms with Crippen LogP contribution in [0, 0.1) is 6.92 Å². The van der Waals surface area contributed by atoms with Crippen LogP contribution < -0.4 is 21.5 Å². The Morgan fingerprint density at radius 1 is 1.09 bits per heavy atom. The highest BCUT2D eigenvalue weighted by Gasteiger charge is 2.25. The van der Waals surface area contributed by atoms with Crippen molar-refractivity contribution >= 4 is 34.4 Å². The van der Waals surface area contributed by atoms with Crippen LogP contribution in [0.25, 0.3) is 10.9 Å². The van der Waals surface area contributed by atoms with Gasteiger partial charge >= 0.3 is 5.97 Å². The van der Waals surface area contributed by atoms with Crippen molar-refractivity contribution in [3.8, 4) is 5.75 Å². The highest BCUT2D eigenvalue weighted by Crippen LogP contribution is 2.33. The molecular weight excluding hydrogens is 412 g/mol. The summed E-state index contributed by atoms with van der Waals surface area (Å²) in [6.45, 7) is 5.11. The number of amides is 2. The van der Waals surface area contributed by atoms with Crippen molar-refractivity contribution in [2.24, 2.45) is 5.73 Å². The molecule has 9 heteroatoms. The number of anilines is 1. The number of nitrogen functional groups attached to an aromatic ring is 1. The first-order chi connectivity index (χ1) is 15.0. The average Bonchev–Trinajstić information content (AvgIpc) is 2.71. The van der Waals surface area contributed by atoms with Gasteiger partial charge in [0, 0.05) is 0 Å². The number of nitrogens with one attached hydrogen (secondary N) is 1. The molecule has 0 radical (unpaired) electrons. The maximum absolute atomic E-state index is 12.8. The zero-order valence-corrected chi connectivity index (χ0v) is 17.9. The maximum Gasteiger partial charge on any atom is 0.339 e. The average molecular weight is 436 g/mol. The number of ether oxygens (including phenoxy) is 1. The van der Waals surface area contributed by atoms with Crippen LogP contribution in [-0.2, 0) is 0 Å². The van der Waals surface area contributed by atoms with Crippen LogP contribution in [0.1, 0.15) is 50.6 Å². The van der Waals surface area contributed by atoms with E-state index in [1.807, 2.05) is 0 Å². The number of nitrogens with zero attached hydrogens (tertiary/aromatic N) is 1. The standard InChI is InChI=1S/C23H24N4O5/c1-12-17(22(30)31)19(24)18-15(26-12)9-6-10-16(18)32-11-23(2,3)27-21(29)14-8-5-4-7-13(14)20(25)28/h4-10H,11H2,1-3H3,(H2,24,26)(H2,25,28)(H,27,29)(H,30,31). The van der Waals surface area contributed by atoms with Gasteiger partial charge in [0.1, 0.15) is 17.9 Å². The smallest absolute Gasteiger partial charge is 0.339 e. The number of rotatable bonds is 7. The van der Waals surface area contributed by atoms with Gasteiger partial charge in [-0.2, -0.15) is 0 Å². The van der Waals surface area contributed by atoms with E-state index >= 15 is 0 Å². The number of aromatic nitrogens is 1. The Morgan fingerprint density at radius 2 is 1.75 bits per heavy atom. The number of carboxylic acid groups (broad SMARTS) is 1. The number of aromatic carboxylic acids is 1. The molecule has 6 N–H and O–H groups in total. The predicted octanol–water partition coefficient (Wildman–Crippen LogP) is 2.51. The number of carbonyl (C=O) groups is 3. The van der Waals surface area contributed by atoms with Gasteiger partial charge in [-0.1, -0.05) is 18.2 Å². The van der Waals surface area contributed by atoms with Crippen LogP contribution in [0.3, 0.4) is 0 Å². The zero-order chi connectivity index (χ0) is 23.6. The molecule has 32 heavy (non-hydrogen) atoms. The normalized spacial score (nSPS) is 11.2. The molecule has 0 aliphatic heterocycles. The molecule has 0 atom stereocenters. The summed E-state index contributed by atoms with van der Waals surface area (Å²) in [7, 11) is 0.